The maximum atomic E-state index is 14.5. The molecule has 0 aliphatic carbocycles. The second-order valence-corrected chi connectivity index (χ2v) is 6.40. The maximum Gasteiger partial charge on any atom is 0.256 e. The van der Waals surface area contributed by atoms with E-state index >= 15 is 0 Å². The lowest BCUT2D eigenvalue weighted by Crippen LogP contribution is -2.25. The summed E-state index contributed by atoms with van der Waals surface area (Å²) in [6, 6.07) is 7.72. The zero-order valence-corrected chi connectivity index (χ0v) is 15.2. The van der Waals surface area contributed by atoms with Gasteiger partial charge >= 0.3 is 0 Å². The van der Waals surface area contributed by atoms with Crippen molar-refractivity contribution in [1.29, 1.82) is 0 Å². The van der Waals surface area contributed by atoms with Crippen molar-refractivity contribution >= 4 is 17.9 Å². The van der Waals surface area contributed by atoms with Gasteiger partial charge < -0.3 is 10.5 Å². The summed E-state index contributed by atoms with van der Waals surface area (Å²) in [5, 5.41) is 0. The minimum atomic E-state index is -1.14. The Labute approximate surface area is 163 Å². The Morgan fingerprint density at radius 1 is 1.00 bits per heavy atom. The van der Waals surface area contributed by atoms with Crippen LogP contribution in [0.1, 0.15) is 27.0 Å². The first-order valence-electron chi connectivity index (χ1n) is 8.49. The van der Waals surface area contributed by atoms with Crippen LogP contribution in [0.2, 0.25) is 0 Å². The quantitative estimate of drug-likeness (QED) is 0.527. The van der Waals surface area contributed by atoms with Gasteiger partial charge in [0, 0.05) is 12.5 Å². The number of anilines is 1. The SMILES string of the molecule is Cc1ccc(C(=O)c2ccc(=O)n(-c3c(F)cc(CC=O)cc3F)c2N)c(F)c1. The second-order valence-electron chi connectivity index (χ2n) is 6.40. The lowest BCUT2D eigenvalue weighted by Gasteiger charge is -2.15. The number of aromatic nitrogens is 1. The van der Waals surface area contributed by atoms with Crippen LogP contribution in [0.5, 0.6) is 0 Å². The van der Waals surface area contributed by atoms with Crippen molar-refractivity contribution in [2.45, 2.75) is 13.3 Å². The molecule has 2 aromatic carbocycles. The predicted octanol–water partition coefficient (Wildman–Crippen LogP) is 3.12. The van der Waals surface area contributed by atoms with E-state index in [1.165, 1.54) is 12.1 Å². The van der Waals surface area contributed by atoms with Crippen LogP contribution in [0.25, 0.3) is 5.69 Å². The van der Waals surface area contributed by atoms with Gasteiger partial charge in [-0.1, -0.05) is 6.07 Å². The molecule has 148 valence electrons. The smallest absolute Gasteiger partial charge is 0.256 e. The minimum Gasteiger partial charge on any atom is -0.384 e. The molecule has 0 unspecified atom stereocenters. The molecule has 0 saturated heterocycles. The number of nitrogens with two attached hydrogens (primary N) is 1. The van der Waals surface area contributed by atoms with E-state index in [0.29, 0.717) is 16.4 Å². The molecule has 0 saturated carbocycles. The van der Waals surface area contributed by atoms with Gasteiger partial charge in [0.25, 0.3) is 5.56 Å². The number of carbonyl (C=O) groups excluding carboxylic acids is 2. The molecular weight excluding hydrogens is 385 g/mol. The summed E-state index contributed by atoms with van der Waals surface area (Å²) in [6.07, 6.45) is 0.257. The highest BCUT2D eigenvalue weighted by Gasteiger charge is 2.23. The molecule has 0 aliphatic heterocycles. The molecule has 0 fully saturated rings. The number of rotatable bonds is 5. The standard InChI is InChI=1S/C21H15F3N2O3/c1-11-2-3-13(15(22)8-11)20(29)14-4-5-18(28)26(21(14)25)19-16(23)9-12(6-7-27)10-17(19)24/h2-5,7-10H,6,25H2,1H3. The number of hydrogen-bond donors (Lipinski definition) is 1. The van der Waals surface area contributed by atoms with E-state index in [1.807, 2.05) is 0 Å². The first-order valence-corrected chi connectivity index (χ1v) is 8.49. The van der Waals surface area contributed by atoms with E-state index in [2.05, 4.69) is 0 Å². The van der Waals surface area contributed by atoms with Crippen molar-refractivity contribution in [2.75, 3.05) is 5.73 Å². The minimum absolute atomic E-state index is 0.0688. The average Bonchev–Trinajstić information content (AvgIpc) is 2.63. The van der Waals surface area contributed by atoms with E-state index in [-0.39, 0.29) is 23.1 Å². The van der Waals surface area contributed by atoms with Crippen LogP contribution >= 0.6 is 0 Å². The van der Waals surface area contributed by atoms with Crippen molar-refractivity contribution < 1.29 is 22.8 Å². The van der Waals surface area contributed by atoms with E-state index in [9.17, 15) is 27.6 Å². The second kappa shape index (κ2) is 7.75. The van der Waals surface area contributed by atoms with Crippen LogP contribution < -0.4 is 11.3 Å². The summed E-state index contributed by atoms with van der Waals surface area (Å²) in [6.45, 7) is 1.64. The van der Waals surface area contributed by atoms with Gasteiger partial charge in [-0.05, 0) is 48.4 Å². The van der Waals surface area contributed by atoms with Crippen LogP contribution in [0, 0.1) is 24.4 Å². The number of pyridine rings is 1. The maximum absolute atomic E-state index is 14.5. The van der Waals surface area contributed by atoms with Crippen LogP contribution in [-0.4, -0.2) is 16.6 Å². The van der Waals surface area contributed by atoms with Crippen LogP contribution in [0.3, 0.4) is 0 Å². The lowest BCUT2D eigenvalue weighted by molar-refractivity contribution is -0.107. The first kappa shape index (κ1) is 20.1. The van der Waals surface area contributed by atoms with Gasteiger partial charge in [0.15, 0.2) is 17.4 Å². The molecular formula is C21H15F3N2O3. The third kappa shape index (κ3) is 3.69. The summed E-state index contributed by atoms with van der Waals surface area (Å²) in [5.74, 6) is -4.44. The Hall–Kier alpha value is -3.68. The highest BCUT2D eigenvalue weighted by Crippen LogP contribution is 2.25. The van der Waals surface area contributed by atoms with E-state index in [1.54, 1.807) is 6.92 Å². The molecule has 5 nitrogen and oxygen atoms in total. The van der Waals surface area contributed by atoms with Crippen LogP contribution in [-0.2, 0) is 11.2 Å². The number of ketones is 1. The molecule has 0 spiro atoms. The summed E-state index contributed by atoms with van der Waals surface area (Å²) < 4.78 is 43.8. The predicted molar refractivity (Wildman–Crippen MR) is 101 cm³/mol. The molecule has 0 radical (unpaired) electrons. The fraction of sp³-hybridized carbons (Fsp3) is 0.0952. The third-order valence-corrected chi connectivity index (χ3v) is 4.36. The van der Waals surface area contributed by atoms with Crippen LogP contribution in [0.15, 0.2) is 47.3 Å². The van der Waals surface area contributed by atoms with Gasteiger partial charge in [-0.3, -0.25) is 14.2 Å². The van der Waals surface area contributed by atoms with Crippen molar-refractivity contribution in [3.8, 4) is 5.69 Å². The molecule has 29 heavy (non-hydrogen) atoms. The van der Waals surface area contributed by atoms with Gasteiger partial charge in [-0.25, -0.2) is 13.2 Å². The van der Waals surface area contributed by atoms with E-state index in [0.717, 1.165) is 30.3 Å². The molecule has 0 aliphatic rings. The number of halogens is 3. The highest BCUT2D eigenvalue weighted by atomic mass is 19.1. The summed E-state index contributed by atoms with van der Waals surface area (Å²) >= 11 is 0. The van der Waals surface area contributed by atoms with E-state index < -0.39 is 40.3 Å². The van der Waals surface area contributed by atoms with Gasteiger partial charge in [0.05, 0.1) is 11.1 Å². The monoisotopic (exact) mass is 400 g/mol. The fourth-order valence-corrected chi connectivity index (χ4v) is 2.97. The molecule has 3 rings (SSSR count). The summed E-state index contributed by atoms with van der Waals surface area (Å²) in [7, 11) is 0. The highest BCUT2D eigenvalue weighted by molar-refractivity contribution is 6.11. The molecule has 2 N–H and O–H groups in total. The summed E-state index contributed by atoms with van der Waals surface area (Å²) in [4.78, 5) is 35.6. The topological polar surface area (TPSA) is 82.2 Å². The Balaban J connectivity index is 2.20. The molecule has 0 bridgehead atoms. The summed E-state index contributed by atoms with van der Waals surface area (Å²) in [5.41, 5.74) is 4.30. The van der Waals surface area contributed by atoms with Crippen LogP contribution in [0.4, 0.5) is 19.0 Å². The third-order valence-electron chi connectivity index (χ3n) is 4.36. The van der Waals surface area contributed by atoms with Crippen molar-refractivity contribution in [3.63, 3.8) is 0 Å². The molecule has 3 aromatic rings. The Bertz CT molecular complexity index is 1180. The molecule has 1 heterocycles. The van der Waals surface area contributed by atoms with Gasteiger partial charge in [0.2, 0.25) is 0 Å². The first-order chi connectivity index (χ1) is 13.7. The van der Waals surface area contributed by atoms with Crippen molar-refractivity contribution in [1.82, 2.24) is 4.57 Å². The van der Waals surface area contributed by atoms with Crippen molar-refractivity contribution in [2.24, 2.45) is 0 Å². The number of carbonyl (C=O) groups is 2. The van der Waals surface area contributed by atoms with E-state index in [4.69, 9.17) is 5.73 Å². The number of nitrogen functional groups attached to an aromatic ring is 1. The number of benzene rings is 2. The van der Waals surface area contributed by atoms with Gasteiger partial charge in [-0.15, -0.1) is 0 Å². The normalized spacial score (nSPS) is 10.8. The Morgan fingerprint density at radius 3 is 2.21 bits per heavy atom. The molecule has 1 aromatic heterocycles. The van der Waals surface area contributed by atoms with Gasteiger partial charge in [0.1, 0.15) is 23.6 Å². The number of aldehydes is 1. The molecule has 8 heteroatoms. The molecule has 0 amide bonds. The number of aryl methyl sites for hydroxylation is 1. The lowest BCUT2D eigenvalue weighted by atomic mass is 10.0. The molecule has 0 atom stereocenters. The average molecular weight is 400 g/mol. The van der Waals surface area contributed by atoms with Gasteiger partial charge in [-0.2, -0.15) is 0 Å². The number of hydrogen-bond acceptors (Lipinski definition) is 4. The number of nitrogens with zero attached hydrogens (tertiary/aromatic N) is 1. The largest absolute Gasteiger partial charge is 0.384 e. The van der Waals surface area contributed by atoms with Crippen molar-refractivity contribution in [3.05, 3.63) is 92.5 Å². The zero-order valence-electron chi connectivity index (χ0n) is 15.2. The fourth-order valence-electron chi connectivity index (χ4n) is 2.97. The Morgan fingerprint density at radius 2 is 1.62 bits per heavy atom. The zero-order chi connectivity index (χ0) is 21.3. The Kier molecular flexibility index (Phi) is 5.36.